The molecule has 70 valence electrons. The minimum atomic E-state index is -0.425. The maximum absolute atomic E-state index is 5.45. The molecule has 1 unspecified atom stereocenters. The molecular formula is C9H17NO2. The summed E-state index contributed by atoms with van der Waals surface area (Å²) in [7, 11) is 0. The minimum Gasteiger partial charge on any atom is -0.342 e. The zero-order valence-electron chi connectivity index (χ0n) is 7.96. The Labute approximate surface area is 74.2 Å². The smallest absolute Gasteiger partial charge is 0.222 e. The SMILES string of the molecule is CCOC(C#CC(C)N)OCC. The predicted molar refractivity (Wildman–Crippen MR) is 48.5 cm³/mol. The van der Waals surface area contributed by atoms with Crippen molar-refractivity contribution in [2.24, 2.45) is 5.73 Å². The molecule has 1 atom stereocenters. The fourth-order valence-corrected chi connectivity index (χ4v) is 0.634. The Morgan fingerprint density at radius 3 is 2.00 bits per heavy atom. The van der Waals surface area contributed by atoms with Crippen LogP contribution < -0.4 is 5.73 Å². The van der Waals surface area contributed by atoms with E-state index >= 15 is 0 Å². The molecule has 3 heteroatoms. The third-order valence-electron chi connectivity index (χ3n) is 1.06. The van der Waals surface area contributed by atoms with Gasteiger partial charge in [-0.2, -0.15) is 0 Å². The van der Waals surface area contributed by atoms with E-state index < -0.39 is 6.29 Å². The van der Waals surface area contributed by atoms with Crippen LogP contribution >= 0.6 is 0 Å². The van der Waals surface area contributed by atoms with Gasteiger partial charge in [-0.05, 0) is 26.7 Å². The lowest BCUT2D eigenvalue weighted by molar-refractivity contribution is -0.0970. The van der Waals surface area contributed by atoms with Gasteiger partial charge in [-0.25, -0.2) is 0 Å². The topological polar surface area (TPSA) is 44.5 Å². The van der Waals surface area contributed by atoms with Crippen molar-refractivity contribution < 1.29 is 9.47 Å². The van der Waals surface area contributed by atoms with Crippen molar-refractivity contribution in [3.63, 3.8) is 0 Å². The molecule has 0 aromatic rings. The third kappa shape index (κ3) is 6.17. The highest BCUT2D eigenvalue weighted by atomic mass is 16.7. The Balaban J connectivity index is 3.87. The van der Waals surface area contributed by atoms with Gasteiger partial charge in [0.25, 0.3) is 0 Å². The molecule has 0 aliphatic rings. The van der Waals surface area contributed by atoms with Crippen LogP contribution in [0.1, 0.15) is 20.8 Å². The van der Waals surface area contributed by atoms with Crippen LogP contribution in [0, 0.1) is 11.8 Å². The molecule has 0 aliphatic carbocycles. The standard InChI is InChI=1S/C9H17NO2/c1-4-11-9(12-5-2)7-6-8(3)10/h8-9H,4-5,10H2,1-3H3. The normalized spacial score (nSPS) is 12.4. The van der Waals surface area contributed by atoms with Gasteiger partial charge in [0.1, 0.15) is 0 Å². The Morgan fingerprint density at radius 1 is 1.17 bits per heavy atom. The van der Waals surface area contributed by atoms with E-state index in [1.54, 1.807) is 0 Å². The summed E-state index contributed by atoms with van der Waals surface area (Å²) in [6.07, 6.45) is -0.425. The summed E-state index contributed by atoms with van der Waals surface area (Å²) in [4.78, 5) is 0. The fourth-order valence-electron chi connectivity index (χ4n) is 0.634. The van der Waals surface area contributed by atoms with Crippen LogP contribution in [0.5, 0.6) is 0 Å². The van der Waals surface area contributed by atoms with E-state index in [1.165, 1.54) is 0 Å². The molecular weight excluding hydrogens is 154 g/mol. The third-order valence-corrected chi connectivity index (χ3v) is 1.06. The average molecular weight is 171 g/mol. The molecule has 0 fully saturated rings. The number of rotatable bonds is 4. The van der Waals surface area contributed by atoms with Crippen LogP contribution in [0.3, 0.4) is 0 Å². The van der Waals surface area contributed by atoms with Crippen molar-refractivity contribution >= 4 is 0 Å². The highest BCUT2D eigenvalue weighted by molar-refractivity contribution is 5.07. The van der Waals surface area contributed by atoms with Gasteiger partial charge < -0.3 is 15.2 Å². The first-order chi connectivity index (χ1) is 5.70. The maximum atomic E-state index is 5.45. The molecule has 2 N–H and O–H groups in total. The molecule has 0 amide bonds. The number of nitrogens with two attached hydrogens (primary N) is 1. The van der Waals surface area contributed by atoms with E-state index in [0.717, 1.165) is 0 Å². The molecule has 3 nitrogen and oxygen atoms in total. The zero-order chi connectivity index (χ0) is 9.40. The van der Waals surface area contributed by atoms with E-state index in [4.69, 9.17) is 15.2 Å². The summed E-state index contributed by atoms with van der Waals surface area (Å²) in [6.45, 7) is 6.82. The maximum Gasteiger partial charge on any atom is 0.222 e. The molecule has 0 spiro atoms. The summed E-state index contributed by atoms with van der Waals surface area (Å²) in [5, 5.41) is 0. The van der Waals surface area contributed by atoms with E-state index in [2.05, 4.69) is 11.8 Å². The minimum absolute atomic E-state index is 0.131. The summed E-state index contributed by atoms with van der Waals surface area (Å²) in [5.74, 6) is 5.59. The van der Waals surface area contributed by atoms with Crippen LogP contribution in [0.15, 0.2) is 0 Å². The van der Waals surface area contributed by atoms with Gasteiger partial charge in [0.05, 0.1) is 6.04 Å². The summed E-state index contributed by atoms with van der Waals surface area (Å²) < 4.78 is 10.4. The Kier molecular flexibility index (Phi) is 6.78. The Bertz CT molecular complexity index is 152. The molecule has 0 saturated carbocycles. The van der Waals surface area contributed by atoms with E-state index in [0.29, 0.717) is 13.2 Å². The molecule has 0 rings (SSSR count). The van der Waals surface area contributed by atoms with Crippen molar-refractivity contribution in [2.45, 2.75) is 33.1 Å². The number of hydrogen-bond acceptors (Lipinski definition) is 3. The van der Waals surface area contributed by atoms with Gasteiger partial charge >= 0.3 is 0 Å². The Morgan fingerprint density at radius 2 is 1.67 bits per heavy atom. The molecule has 12 heavy (non-hydrogen) atoms. The molecule has 0 aromatic carbocycles. The first-order valence-corrected chi connectivity index (χ1v) is 4.20. The fraction of sp³-hybridized carbons (Fsp3) is 0.778. The molecule has 0 radical (unpaired) electrons. The average Bonchev–Trinajstić information content (AvgIpc) is 2.01. The summed E-state index contributed by atoms with van der Waals surface area (Å²) in [5.41, 5.74) is 5.45. The summed E-state index contributed by atoms with van der Waals surface area (Å²) >= 11 is 0. The lowest BCUT2D eigenvalue weighted by atomic mass is 10.4. The number of hydrogen-bond donors (Lipinski definition) is 1. The van der Waals surface area contributed by atoms with Gasteiger partial charge in [0.15, 0.2) is 0 Å². The van der Waals surface area contributed by atoms with Crippen LogP contribution in [0.2, 0.25) is 0 Å². The van der Waals surface area contributed by atoms with Crippen molar-refractivity contribution in [3.8, 4) is 11.8 Å². The van der Waals surface area contributed by atoms with Gasteiger partial charge in [-0.1, -0.05) is 5.92 Å². The largest absolute Gasteiger partial charge is 0.342 e. The van der Waals surface area contributed by atoms with Crippen LogP contribution in [0.4, 0.5) is 0 Å². The molecule has 0 heterocycles. The molecule has 0 saturated heterocycles. The Hall–Kier alpha value is -0.560. The lowest BCUT2D eigenvalue weighted by Crippen LogP contribution is -2.17. The monoisotopic (exact) mass is 171 g/mol. The lowest BCUT2D eigenvalue weighted by Gasteiger charge is -2.09. The van der Waals surface area contributed by atoms with Crippen LogP contribution in [0.25, 0.3) is 0 Å². The highest BCUT2D eigenvalue weighted by Gasteiger charge is 2.01. The first-order valence-electron chi connectivity index (χ1n) is 4.20. The van der Waals surface area contributed by atoms with Gasteiger partial charge in [-0.3, -0.25) is 0 Å². The predicted octanol–water partition coefficient (Wildman–Crippen LogP) is 0.736. The van der Waals surface area contributed by atoms with Crippen molar-refractivity contribution in [1.29, 1.82) is 0 Å². The van der Waals surface area contributed by atoms with E-state index in [9.17, 15) is 0 Å². The van der Waals surface area contributed by atoms with Crippen molar-refractivity contribution in [2.75, 3.05) is 13.2 Å². The summed E-state index contributed by atoms with van der Waals surface area (Å²) in [6, 6.07) is -0.131. The van der Waals surface area contributed by atoms with Gasteiger partial charge in [0, 0.05) is 13.2 Å². The van der Waals surface area contributed by atoms with Gasteiger partial charge in [-0.15, -0.1) is 0 Å². The van der Waals surface area contributed by atoms with Crippen molar-refractivity contribution in [1.82, 2.24) is 0 Å². The van der Waals surface area contributed by atoms with Crippen LogP contribution in [-0.2, 0) is 9.47 Å². The van der Waals surface area contributed by atoms with Crippen LogP contribution in [-0.4, -0.2) is 25.5 Å². The number of ether oxygens (including phenoxy) is 2. The van der Waals surface area contributed by atoms with Gasteiger partial charge in [0.2, 0.25) is 6.29 Å². The first kappa shape index (κ1) is 11.4. The quantitative estimate of drug-likeness (QED) is 0.501. The second kappa shape index (κ2) is 7.11. The highest BCUT2D eigenvalue weighted by Crippen LogP contribution is 1.92. The second-order valence-corrected chi connectivity index (χ2v) is 2.32. The molecule has 0 aliphatic heterocycles. The second-order valence-electron chi connectivity index (χ2n) is 2.32. The zero-order valence-corrected chi connectivity index (χ0v) is 7.96. The molecule has 0 aromatic heterocycles. The van der Waals surface area contributed by atoms with E-state index in [1.807, 2.05) is 20.8 Å². The van der Waals surface area contributed by atoms with E-state index in [-0.39, 0.29) is 6.04 Å². The molecule has 0 bridgehead atoms. The van der Waals surface area contributed by atoms with Crippen molar-refractivity contribution in [3.05, 3.63) is 0 Å².